The Morgan fingerprint density at radius 1 is 0.667 bits per heavy atom. The number of aromatic nitrogens is 2. The molecule has 1 aromatic carbocycles. The van der Waals surface area contributed by atoms with E-state index in [-0.39, 0.29) is 0 Å². The Morgan fingerprint density at radius 3 is 1.76 bits per heavy atom. The minimum Gasteiger partial charge on any atom is -0.234 e. The molecule has 0 fully saturated rings. The third-order valence-electron chi connectivity index (χ3n) is 7.05. The summed E-state index contributed by atoms with van der Waals surface area (Å²) in [5.74, 6) is 1.52. The summed E-state index contributed by atoms with van der Waals surface area (Å²) in [5.41, 5.74) is 1.45. The lowest BCUT2D eigenvalue weighted by atomic mass is 10.0. The molecule has 2 aromatic rings. The fourth-order valence-corrected chi connectivity index (χ4v) is 5.00. The van der Waals surface area contributed by atoms with Crippen molar-refractivity contribution < 1.29 is 4.57 Å². The maximum Gasteiger partial charge on any atom is 0.256 e. The highest BCUT2D eigenvalue weighted by Crippen LogP contribution is 2.15. The van der Waals surface area contributed by atoms with Gasteiger partial charge in [-0.1, -0.05) is 121 Å². The molecule has 0 radical (unpaired) electrons. The van der Waals surface area contributed by atoms with Crippen molar-refractivity contribution in [3.05, 3.63) is 54.1 Å². The van der Waals surface area contributed by atoms with Crippen molar-refractivity contribution >= 4 is 0 Å². The van der Waals surface area contributed by atoms with Crippen LogP contribution in [-0.2, 0) is 19.4 Å². The molecular formula is C31H53N2+. The minimum absolute atomic E-state index is 0.544. The van der Waals surface area contributed by atoms with Gasteiger partial charge in [0.25, 0.3) is 5.82 Å². The molecule has 0 unspecified atom stereocenters. The average Bonchev–Trinajstić information content (AvgIpc) is 3.23. The molecule has 0 aliphatic carbocycles. The third kappa shape index (κ3) is 11.9. The van der Waals surface area contributed by atoms with Crippen LogP contribution in [0.3, 0.4) is 0 Å². The Labute approximate surface area is 205 Å². The molecule has 1 aromatic heterocycles. The standard InChI is InChI=1S/C31H53N2/c1-4-5-6-7-8-9-10-11-12-13-14-15-16-20-25-31-32(27-28-33(31)29(2)3)26-21-24-30-22-18-17-19-23-30/h17-19,22-23,27-29H,4-16,20-21,24-26H2,1-3H3/q+1. The highest BCUT2D eigenvalue weighted by atomic mass is 15.2. The lowest BCUT2D eigenvalue weighted by molar-refractivity contribution is -0.704. The van der Waals surface area contributed by atoms with Crippen molar-refractivity contribution in [2.24, 2.45) is 0 Å². The molecule has 0 N–H and O–H groups in total. The van der Waals surface area contributed by atoms with Gasteiger partial charge in [0.05, 0.1) is 12.6 Å². The molecule has 2 heteroatoms. The van der Waals surface area contributed by atoms with Crippen LogP contribution in [0.1, 0.15) is 135 Å². The number of hydrogen-bond acceptors (Lipinski definition) is 0. The number of nitrogens with zero attached hydrogens (tertiary/aromatic N) is 2. The van der Waals surface area contributed by atoms with Gasteiger partial charge in [-0.3, -0.25) is 0 Å². The highest BCUT2D eigenvalue weighted by molar-refractivity contribution is 5.14. The van der Waals surface area contributed by atoms with Crippen molar-refractivity contribution in [2.45, 2.75) is 143 Å². The van der Waals surface area contributed by atoms with E-state index in [2.05, 4.69) is 72.6 Å². The summed E-state index contributed by atoms with van der Waals surface area (Å²) in [6.07, 6.45) is 28.2. The summed E-state index contributed by atoms with van der Waals surface area (Å²) in [4.78, 5) is 0. The maximum atomic E-state index is 2.52. The van der Waals surface area contributed by atoms with E-state index in [0.29, 0.717) is 6.04 Å². The SMILES string of the molecule is CCCCCCCCCCCCCCCCc1n(C(C)C)cc[n+]1CCCc1ccccc1. The zero-order valence-electron chi connectivity index (χ0n) is 22.2. The first-order valence-electron chi connectivity index (χ1n) is 14.4. The molecule has 0 spiro atoms. The largest absolute Gasteiger partial charge is 0.256 e. The molecule has 0 amide bonds. The predicted molar refractivity (Wildman–Crippen MR) is 144 cm³/mol. The summed E-state index contributed by atoms with van der Waals surface area (Å²) in [6, 6.07) is 11.5. The van der Waals surface area contributed by atoms with Gasteiger partial charge in [0.1, 0.15) is 12.4 Å². The zero-order valence-corrected chi connectivity index (χ0v) is 22.2. The summed E-state index contributed by atoms with van der Waals surface area (Å²) in [5, 5.41) is 0. The van der Waals surface area contributed by atoms with Gasteiger partial charge in [-0.2, -0.15) is 0 Å². The van der Waals surface area contributed by atoms with Crippen LogP contribution in [0.15, 0.2) is 42.7 Å². The molecule has 2 rings (SSSR count). The zero-order chi connectivity index (χ0) is 23.6. The molecule has 1 heterocycles. The Hall–Kier alpha value is -1.57. The van der Waals surface area contributed by atoms with Crippen LogP contribution < -0.4 is 4.57 Å². The van der Waals surface area contributed by atoms with E-state index in [0.717, 1.165) is 6.54 Å². The van der Waals surface area contributed by atoms with E-state index in [1.54, 1.807) is 0 Å². The second-order valence-electron chi connectivity index (χ2n) is 10.3. The fraction of sp³-hybridized carbons (Fsp3) is 0.710. The highest BCUT2D eigenvalue weighted by Gasteiger charge is 2.18. The van der Waals surface area contributed by atoms with Crippen molar-refractivity contribution in [2.75, 3.05) is 0 Å². The van der Waals surface area contributed by atoms with Gasteiger partial charge < -0.3 is 0 Å². The lowest BCUT2D eigenvalue weighted by Gasteiger charge is -2.08. The van der Waals surface area contributed by atoms with Crippen LogP contribution in [0.5, 0.6) is 0 Å². The maximum absolute atomic E-state index is 2.52. The third-order valence-corrected chi connectivity index (χ3v) is 7.05. The van der Waals surface area contributed by atoms with E-state index < -0.39 is 0 Å². The molecule has 0 saturated carbocycles. The summed E-state index contributed by atoms with van der Waals surface area (Å²) >= 11 is 0. The molecule has 2 nitrogen and oxygen atoms in total. The Bertz CT molecular complexity index is 701. The van der Waals surface area contributed by atoms with Gasteiger partial charge in [-0.05, 0) is 38.7 Å². The van der Waals surface area contributed by atoms with E-state index in [1.807, 2.05) is 0 Å². The van der Waals surface area contributed by atoms with E-state index in [9.17, 15) is 0 Å². The lowest BCUT2D eigenvalue weighted by Crippen LogP contribution is -2.37. The van der Waals surface area contributed by atoms with Crippen molar-refractivity contribution in [1.82, 2.24) is 4.57 Å². The number of unbranched alkanes of at least 4 members (excludes halogenated alkanes) is 13. The topological polar surface area (TPSA) is 8.81 Å². The molecule has 0 aliphatic rings. The van der Waals surface area contributed by atoms with E-state index in [4.69, 9.17) is 0 Å². The smallest absolute Gasteiger partial charge is 0.234 e. The van der Waals surface area contributed by atoms with Gasteiger partial charge >= 0.3 is 0 Å². The molecular weight excluding hydrogens is 400 g/mol. The van der Waals surface area contributed by atoms with Crippen LogP contribution in [0, 0.1) is 0 Å². The van der Waals surface area contributed by atoms with E-state index >= 15 is 0 Å². The Kier molecular flexibility index (Phi) is 15.0. The summed E-state index contributed by atoms with van der Waals surface area (Å²) < 4.78 is 5.01. The van der Waals surface area contributed by atoms with Crippen molar-refractivity contribution in [3.63, 3.8) is 0 Å². The number of hydrogen-bond donors (Lipinski definition) is 0. The first-order valence-corrected chi connectivity index (χ1v) is 14.4. The number of benzene rings is 1. The van der Waals surface area contributed by atoms with Crippen LogP contribution in [-0.4, -0.2) is 4.57 Å². The van der Waals surface area contributed by atoms with Crippen molar-refractivity contribution in [3.8, 4) is 0 Å². The van der Waals surface area contributed by atoms with Crippen molar-refractivity contribution in [1.29, 1.82) is 0 Å². The average molecular weight is 454 g/mol. The van der Waals surface area contributed by atoms with Gasteiger partial charge in [0.2, 0.25) is 0 Å². The number of aryl methyl sites for hydroxylation is 2. The summed E-state index contributed by atoms with van der Waals surface area (Å²) in [7, 11) is 0. The van der Waals surface area contributed by atoms with Crippen LogP contribution >= 0.6 is 0 Å². The van der Waals surface area contributed by atoms with Gasteiger partial charge in [0.15, 0.2) is 0 Å². The van der Waals surface area contributed by atoms with Crippen LogP contribution in [0.25, 0.3) is 0 Å². The van der Waals surface area contributed by atoms with Gasteiger partial charge in [-0.15, -0.1) is 0 Å². The van der Waals surface area contributed by atoms with Crippen LogP contribution in [0.2, 0.25) is 0 Å². The monoisotopic (exact) mass is 453 g/mol. The normalized spacial score (nSPS) is 11.5. The summed E-state index contributed by atoms with van der Waals surface area (Å²) in [6.45, 7) is 8.04. The quantitative estimate of drug-likeness (QED) is 0.140. The van der Waals surface area contributed by atoms with E-state index in [1.165, 1.54) is 121 Å². The molecule has 0 atom stereocenters. The molecule has 186 valence electrons. The minimum atomic E-state index is 0.544. The molecule has 0 bridgehead atoms. The number of imidazole rings is 1. The Morgan fingerprint density at radius 2 is 1.21 bits per heavy atom. The molecule has 0 saturated heterocycles. The Balaban J connectivity index is 1.56. The molecule has 33 heavy (non-hydrogen) atoms. The second-order valence-corrected chi connectivity index (χ2v) is 10.3. The first-order chi connectivity index (χ1) is 16.2. The predicted octanol–water partition coefficient (Wildman–Crippen LogP) is 9.01. The fourth-order valence-electron chi connectivity index (χ4n) is 5.00. The van der Waals surface area contributed by atoms with Crippen LogP contribution in [0.4, 0.5) is 0 Å². The molecule has 0 aliphatic heterocycles. The first kappa shape index (κ1) is 27.7. The second kappa shape index (κ2) is 17.8. The number of rotatable bonds is 20. The van der Waals surface area contributed by atoms with Gasteiger partial charge in [0, 0.05) is 6.42 Å². The van der Waals surface area contributed by atoms with Gasteiger partial charge in [-0.25, -0.2) is 9.13 Å².